The first-order valence-corrected chi connectivity index (χ1v) is 7.75. The third-order valence-electron chi connectivity index (χ3n) is 4.05. The van der Waals surface area contributed by atoms with Gasteiger partial charge in [0.25, 0.3) is 5.91 Å². The Morgan fingerprint density at radius 3 is 3.00 bits per heavy atom. The molecule has 0 atom stereocenters. The third kappa shape index (κ3) is 2.53. The molecule has 0 fully saturated rings. The number of furan rings is 1. The molecule has 0 saturated heterocycles. The van der Waals surface area contributed by atoms with Crippen LogP contribution in [0.3, 0.4) is 0 Å². The fourth-order valence-electron chi connectivity index (χ4n) is 2.90. The zero-order valence-corrected chi connectivity index (χ0v) is 13.0. The highest BCUT2D eigenvalue weighted by molar-refractivity contribution is 6.30. The summed E-state index contributed by atoms with van der Waals surface area (Å²) in [7, 11) is 0. The minimum Gasteiger partial charge on any atom is -0.459 e. The number of hydrogen-bond acceptors (Lipinski definition) is 3. The van der Waals surface area contributed by atoms with Gasteiger partial charge in [-0.1, -0.05) is 23.7 Å². The Labute approximate surface area is 137 Å². The van der Waals surface area contributed by atoms with Gasteiger partial charge in [-0.2, -0.15) is 5.10 Å². The van der Waals surface area contributed by atoms with Gasteiger partial charge in [0.15, 0.2) is 5.76 Å². The van der Waals surface area contributed by atoms with E-state index in [1.54, 1.807) is 17.0 Å². The average molecular weight is 328 g/mol. The lowest BCUT2D eigenvalue weighted by molar-refractivity contribution is 0.0702. The van der Waals surface area contributed by atoms with Crippen LogP contribution in [0.2, 0.25) is 5.02 Å². The van der Waals surface area contributed by atoms with Gasteiger partial charge in [-0.25, -0.2) is 0 Å². The third-order valence-corrected chi connectivity index (χ3v) is 4.29. The first-order chi connectivity index (χ1) is 11.2. The molecule has 1 aliphatic rings. The Bertz CT molecular complexity index is 855. The fourth-order valence-corrected chi connectivity index (χ4v) is 3.09. The molecule has 1 N–H and O–H groups in total. The molecule has 2 aromatic heterocycles. The molecule has 116 valence electrons. The lowest BCUT2D eigenvalue weighted by Crippen LogP contribution is -2.35. The number of rotatable bonds is 2. The summed E-state index contributed by atoms with van der Waals surface area (Å²) < 4.78 is 5.22. The van der Waals surface area contributed by atoms with Gasteiger partial charge < -0.3 is 9.32 Å². The van der Waals surface area contributed by atoms with Crippen molar-refractivity contribution in [2.45, 2.75) is 13.0 Å². The van der Waals surface area contributed by atoms with E-state index in [1.807, 2.05) is 24.3 Å². The van der Waals surface area contributed by atoms with Gasteiger partial charge in [-0.3, -0.25) is 9.89 Å². The number of hydrogen-bond donors (Lipinski definition) is 1. The number of H-pyrrole nitrogens is 1. The molecule has 0 saturated carbocycles. The second kappa shape index (κ2) is 5.59. The fraction of sp³-hybridized carbons (Fsp3) is 0.176. The van der Waals surface area contributed by atoms with Gasteiger partial charge >= 0.3 is 0 Å². The molecule has 3 aromatic rings. The number of carbonyl (C=O) groups excluding carboxylic acids is 1. The van der Waals surface area contributed by atoms with Crippen LogP contribution in [0, 0.1) is 0 Å². The molecule has 0 bridgehead atoms. The van der Waals surface area contributed by atoms with E-state index in [0.29, 0.717) is 23.9 Å². The van der Waals surface area contributed by atoms with E-state index in [0.717, 1.165) is 28.9 Å². The lowest BCUT2D eigenvalue weighted by Gasteiger charge is -2.26. The Hall–Kier alpha value is -2.53. The molecule has 1 aromatic carbocycles. The van der Waals surface area contributed by atoms with Gasteiger partial charge in [0.05, 0.1) is 18.5 Å². The standard InChI is InChI=1S/C17H14ClN3O2/c18-12-4-1-3-11(9-12)16-13-10-21(7-6-14(13)19-20-16)17(22)15-5-2-8-23-15/h1-5,8-9H,6-7,10H2,(H,19,20). The maximum absolute atomic E-state index is 12.5. The Morgan fingerprint density at radius 2 is 2.22 bits per heavy atom. The lowest BCUT2D eigenvalue weighted by atomic mass is 10.0. The maximum atomic E-state index is 12.5. The van der Waals surface area contributed by atoms with Crippen LogP contribution < -0.4 is 0 Å². The number of benzene rings is 1. The number of fused-ring (bicyclic) bond motifs is 1. The van der Waals surface area contributed by atoms with Crippen LogP contribution in [0.1, 0.15) is 21.8 Å². The van der Waals surface area contributed by atoms with E-state index < -0.39 is 0 Å². The van der Waals surface area contributed by atoms with Crippen LogP contribution in [-0.4, -0.2) is 27.5 Å². The summed E-state index contributed by atoms with van der Waals surface area (Å²) in [4.78, 5) is 14.3. The van der Waals surface area contributed by atoms with Crippen LogP contribution >= 0.6 is 11.6 Å². The number of aromatic amines is 1. The zero-order chi connectivity index (χ0) is 15.8. The minimum atomic E-state index is -0.0982. The predicted octanol–water partition coefficient (Wildman–Crippen LogP) is 3.52. The minimum absolute atomic E-state index is 0.0982. The monoisotopic (exact) mass is 327 g/mol. The number of carbonyl (C=O) groups is 1. The molecule has 0 unspecified atom stereocenters. The highest BCUT2D eigenvalue weighted by Crippen LogP contribution is 2.30. The van der Waals surface area contributed by atoms with E-state index in [2.05, 4.69) is 10.2 Å². The Morgan fingerprint density at radius 1 is 1.30 bits per heavy atom. The smallest absolute Gasteiger partial charge is 0.289 e. The van der Waals surface area contributed by atoms with Crippen molar-refractivity contribution < 1.29 is 9.21 Å². The Kier molecular flexibility index (Phi) is 3.42. The van der Waals surface area contributed by atoms with Crippen molar-refractivity contribution in [2.75, 3.05) is 6.54 Å². The molecular weight excluding hydrogens is 314 g/mol. The van der Waals surface area contributed by atoms with Crippen LogP contribution in [0.25, 0.3) is 11.3 Å². The summed E-state index contributed by atoms with van der Waals surface area (Å²) >= 11 is 6.08. The maximum Gasteiger partial charge on any atom is 0.289 e. The zero-order valence-electron chi connectivity index (χ0n) is 12.3. The van der Waals surface area contributed by atoms with E-state index in [-0.39, 0.29) is 5.91 Å². The van der Waals surface area contributed by atoms with Crippen LogP contribution in [0.5, 0.6) is 0 Å². The number of halogens is 1. The van der Waals surface area contributed by atoms with E-state index in [4.69, 9.17) is 16.0 Å². The van der Waals surface area contributed by atoms with Crippen molar-refractivity contribution in [3.8, 4) is 11.3 Å². The highest BCUT2D eigenvalue weighted by Gasteiger charge is 2.27. The largest absolute Gasteiger partial charge is 0.459 e. The number of nitrogens with one attached hydrogen (secondary N) is 1. The number of amides is 1. The average Bonchev–Trinajstić information content (AvgIpc) is 3.23. The summed E-state index contributed by atoms with van der Waals surface area (Å²) in [5.74, 6) is 0.264. The highest BCUT2D eigenvalue weighted by atomic mass is 35.5. The molecule has 3 heterocycles. The van der Waals surface area contributed by atoms with E-state index in [9.17, 15) is 4.79 Å². The SMILES string of the molecule is O=C(c1ccco1)N1CCc2[nH]nc(-c3cccc(Cl)c3)c2C1. The molecule has 0 radical (unpaired) electrons. The molecular formula is C17H14ClN3O2. The first kappa shape index (κ1) is 14.1. The number of aromatic nitrogens is 2. The van der Waals surface area contributed by atoms with Crippen molar-refractivity contribution in [3.05, 3.63) is 64.7 Å². The first-order valence-electron chi connectivity index (χ1n) is 7.37. The van der Waals surface area contributed by atoms with Gasteiger partial charge in [-0.05, 0) is 24.3 Å². The molecule has 4 rings (SSSR count). The van der Waals surface area contributed by atoms with E-state index in [1.165, 1.54) is 6.26 Å². The quantitative estimate of drug-likeness (QED) is 0.783. The van der Waals surface area contributed by atoms with Crippen LogP contribution in [0.15, 0.2) is 47.1 Å². The van der Waals surface area contributed by atoms with Gasteiger partial charge in [-0.15, -0.1) is 0 Å². The van der Waals surface area contributed by atoms with Gasteiger partial charge in [0, 0.05) is 34.8 Å². The van der Waals surface area contributed by atoms with Crippen molar-refractivity contribution in [1.82, 2.24) is 15.1 Å². The van der Waals surface area contributed by atoms with Crippen molar-refractivity contribution in [1.29, 1.82) is 0 Å². The molecule has 1 aliphatic heterocycles. The molecule has 6 heteroatoms. The van der Waals surface area contributed by atoms with Gasteiger partial charge in [0.2, 0.25) is 0 Å². The molecule has 0 aliphatic carbocycles. The van der Waals surface area contributed by atoms with Crippen molar-refractivity contribution >= 4 is 17.5 Å². The summed E-state index contributed by atoms with van der Waals surface area (Å²) in [5, 5.41) is 8.17. The van der Waals surface area contributed by atoms with E-state index >= 15 is 0 Å². The predicted molar refractivity (Wildman–Crippen MR) is 86.2 cm³/mol. The van der Waals surface area contributed by atoms with Crippen LogP contribution in [0.4, 0.5) is 0 Å². The molecule has 1 amide bonds. The van der Waals surface area contributed by atoms with Crippen LogP contribution in [-0.2, 0) is 13.0 Å². The molecule has 5 nitrogen and oxygen atoms in total. The summed E-state index contributed by atoms with van der Waals surface area (Å²) in [6.45, 7) is 1.15. The molecule has 0 spiro atoms. The molecule has 23 heavy (non-hydrogen) atoms. The number of nitrogens with zero attached hydrogens (tertiary/aromatic N) is 2. The summed E-state index contributed by atoms with van der Waals surface area (Å²) in [6, 6.07) is 11.0. The summed E-state index contributed by atoms with van der Waals surface area (Å²) in [6.07, 6.45) is 2.26. The Balaban J connectivity index is 1.66. The second-order valence-corrected chi connectivity index (χ2v) is 5.93. The van der Waals surface area contributed by atoms with Crippen molar-refractivity contribution in [2.24, 2.45) is 0 Å². The topological polar surface area (TPSA) is 62.1 Å². The second-order valence-electron chi connectivity index (χ2n) is 5.49. The van der Waals surface area contributed by atoms with Gasteiger partial charge in [0.1, 0.15) is 0 Å². The van der Waals surface area contributed by atoms with Crippen molar-refractivity contribution in [3.63, 3.8) is 0 Å². The normalized spacial score (nSPS) is 13.9. The summed E-state index contributed by atoms with van der Waals surface area (Å²) in [5.41, 5.74) is 3.91.